The fourth-order valence-electron chi connectivity index (χ4n) is 2.64. The molecule has 0 amide bonds. The summed E-state index contributed by atoms with van der Waals surface area (Å²) in [5, 5.41) is 19.6. The van der Waals surface area contributed by atoms with Crippen molar-refractivity contribution in [3.63, 3.8) is 0 Å². The van der Waals surface area contributed by atoms with E-state index in [1.807, 2.05) is 19.3 Å². The zero-order valence-electron chi connectivity index (χ0n) is 13.7. The molecule has 5 nitrogen and oxygen atoms in total. The molecule has 2 rings (SSSR count). The lowest BCUT2D eigenvalue weighted by Gasteiger charge is -2.28. The number of allylic oxidation sites excluding steroid dienone is 3. The van der Waals surface area contributed by atoms with Crippen LogP contribution >= 0.6 is 11.3 Å². The van der Waals surface area contributed by atoms with Gasteiger partial charge in [0.05, 0.1) is 20.8 Å². The first-order chi connectivity index (χ1) is 11.0. The topological polar surface area (TPSA) is 62.2 Å². The van der Waals surface area contributed by atoms with E-state index in [0.29, 0.717) is 12.2 Å². The van der Waals surface area contributed by atoms with Gasteiger partial charge in [-0.15, -0.1) is 11.3 Å². The standard InChI is InChI=1S/C17H23NO4S/c1-5-14(21-3)15(22-4)7-6-11-9-18(2)17(20)13-8-12(10-19)23-16(11)13/h5,8-9,17,19-20H,1,6-7,10H2,2-4H3/b15-14-. The van der Waals surface area contributed by atoms with Crippen molar-refractivity contribution in [2.75, 3.05) is 21.3 Å². The van der Waals surface area contributed by atoms with E-state index in [9.17, 15) is 10.2 Å². The van der Waals surface area contributed by atoms with Gasteiger partial charge in [-0.05, 0) is 24.1 Å². The number of thiophene rings is 1. The van der Waals surface area contributed by atoms with Crippen LogP contribution in [0.1, 0.15) is 34.4 Å². The third-order valence-electron chi connectivity index (χ3n) is 3.83. The van der Waals surface area contributed by atoms with E-state index in [1.54, 1.807) is 25.2 Å². The molecule has 0 spiro atoms. The van der Waals surface area contributed by atoms with Gasteiger partial charge in [0.1, 0.15) is 5.76 Å². The Bertz CT molecular complexity index is 633. The summed E-state index contributed by atoms with van der Waals surface area (Å²) in [6, 6.07) is 1.87. The maximum atomic E-state index is 10.3. The summed E-state index contributed by atoms with van der Waals surface area (Å²) in [7, 11) is 5.04. The van der Waals surface area contributed by atoms with Crippen molar-refractivity contribution >= 4 is 16.9 Å². The van der Waals surface area contributed by atoms with E-state index >= 15 is 0 Å². The van der Waals surface area contributed by atoms with E-state index in [1.165, 1.54) is 11.3 Å². The summed E-state index contributed by atoms with van der Waals surface area (Å²) in [6.45, 7) is 3.70. The highest BCUT2D eigenvalue weighted by atomic mass is 32.1. The summed E-state index contributed by atoms with van der Waals surface area (Å²) < 4.78 is 10.7. The smallest absolute Gasteiger partial charge is 0.155 e. The number of aliphatic hydroxyl groups excluding tert-OH is 2. The third kappa shape index (κ3) is 3.60. The maximum absolute atomic E-state index is 10.3. The molecule has 0 radical (unpaired) electrons. The molecule has 0 bridgehead atoms. The second kappa shape index (κ2) is 7.68. The summed E-state index contributed by atoms with van der Waals surface area (Å²) in [6.07, 6.45) is 4.29. The molecule has 0 aliphatic carbocycles. The first kappa shape index (κ1) is 17.6. The van der Waals surface area contributed by atoms with Gasteiger partial charge in [-0.1, -0.05) is 6.58 Å². The van der Waals surface area contributed by atoms with Crippen LogP contribution in [0.15, 0.2) is 36.4 Å². The predicted octanol–water partition coefficient (Wildman–Crippen LogP) is 2.99. The number of ether oxygens (including phenoxy) is 2. The third-order valence-corrected chi connectivity index (χ3v) is 5.04. The van der Waals surface area contributed by atoms with Gasteiger partial charge in [0.15, 0.2) is 12.0 Å². The SMILES string of the molecule is C=C/C(OC)=C(\CCC1=CN(C)C(O)c2cc(CO)sc21)OC. The van der Waals surface area contributed by atoms with E-state index in [2.05, 4.69) is 6.58 Å². The zero-order chi connectivity index (χ0) is 17.0. The summed E-state index contributed by atoms with van der Waals surface area (Å²) in [5.74, 6) is 1.36. The number of rotatable bonds is 7. The van der Waals surface area contributed by atoms with Crippen LogP contribution in [-0.2, 0) is 16.1 Å². The van der Waals surface area contributed by atoms with Gasteiger partial charge in [-0.2, -0.15) is 0 Å². The molecular formula is C17H23NO4S. The van der Waals surface area contributed by atoms with Crippen LogP contribution in [0, 0.1) is 0 Å². The number of aliphatic hydroxyl groups is 2. The number of nitrogens with zero attached hydrogens (tertiary/aromatic N) is 1. The minimum Gasteiger partial charge on any atom is -0.497 e. The molecule has 126 valence electrons. The van der Waals surface area contributed by atoms with Gasteiger partial charge in [0, 0.05) is 35.0 Å². The fourth-order valence-corrected chi connectivity index (χ4v) is 3.72. The highest BCUT2D eigenvalue weighted by Gasteiger charge is 2.26. The highest BCUT2D eigenvalue weighted by molar-refractivity contribution is 7.13. The van der Waals surface area contributed by atoms with Gasteiger partial charge in [0.25, 0.3) is 0 Å². The van der Waals surface area contributed by atoms with Crippen molar-refractivity contribution in [2.45, 2.75) is 25.7 Å². The van der Waals surface area contributed by atoms with Crippen LogP contribution in [0.4, 0.5) is 0 Å². The molecule has 1 aromatic rings. The minimum atomic E-state index is -0.676. The van der Waals surface area contributed by atoms with E-state index < -0.39 is 6.23 Å². The molecule has 1 aliphatic rings. The van der Waals surface area contributed by atoms with Crippen molar-refractivity contribution in [3.8, 4) is 0 Å². The van der Waals surface area contributed by atoms with Crippen molar-refractivity contribution in [2.24, 2.45) is 0 Å². The Hall–Kier alpha value is -1.76. The van der Waals surface area contributed by atoms with Crippen molar-refractivity contribution < 1.29 is 19.7 Å². The Morgan fingerprint density at radius 2 is 2.17 bits per heavy atom. The average molecular weight is 337 g/mol. The largest absolute Gasteiger partial charge is 0.497 e. The quantitative estimate of drug-likeness (QED) is 0.592. The Morgan fingerprint density at radius 1 is 1.43 bits per heavy atom. The van der Waals surface area contributed by atoms with E-state index in [0.717, 1.165) is 33.1 Å². The summed E-state index contributed by atoms with van der Waals surface area (Å²) >= 11 is 1.52. The minimum absolute atomic E-state index is 0.0190. The molecule has 1 atom stereocenters. The Labute approximate surface area is 140 Å². The lowest BCUT2D eigenvalue weighted by Crippen LogP contribution is -2.22. The molecule has 23 heavy (non-hydrogen) atoms. The second-order valence-electron chi connectivity index (χ2n) is 5.25. The van der Waals surface area contributed by atoms with Crippen molar-refractivity contribution in [1.29, 1.82) is 0 Å². The van der Waals surface area contributed by atoms with Gasteiger partial charge < -0.3 is 24.6 Å². The Balaban J connectivity index is 2.26. The Kier molecular flexibility index (Phi) is 5.87. The van der Waals surface area contributed by atoms with E-state index in [-0.39, 0.29) is 6.61 Å². The lowest BCUT2D eigenvalue weighted by molar-refractivity contribution is 0.0523. The van der Waals surface area contributed by atoms with Crippen LogP contribution in [0.5, 0.6) is 0 Å². The first-order valence-corrected chi connectivity index (χ1v) is 8.15. The monoisotopic (exact) mass is 337 g/mol. The number of methoxy groups -OCH3 is 2. The number of hydrogen-bond acceptors (Lipinski definition) is 6. The second-order valence-corrected chi connectivity index (χ2v) is 6.39. The maximum Gasteiger partial charge on any atom is 0.155 e. The highest BCUT2D eigenvalue weighted by Crippen LogP contribution is 2.40. The molecule has 2 heterocycles. The molecule has 0 fully saturated rings. The van der Waals surface area contributed by atoms with Crippen molar-refractivity contribution in [3.05, 3.63) is 51.8 Å². The molecule has 6 heteroatoms. The predicted molar refractivity (Wildman–Crippen MR) is 91.4 cm³/mol. The van der Waals surface area contributed by atoms with Crippen LogP contribution in [0.2, 0.25) is 0 Å². The van der Waals surface area contributed by atoms with Gasteiger partial charge in [-0.25, -0.2) is 0 Å². The molecule has 0 saturated heterocycles. The Morgan fingerprint density at radius 3 is 2.74 bits per heavy atom. The van der Waals surface area contributed by atoms with E-state index in [4.69, 9.17) is 9.47 Å². The lowest BCUT2D eigenvalue weighted by atomic mass is 10.0. The molecule has 1 aliphatic heterocycles. The number of hydrogen-bond donors (Lipinski definition) is 2. The van der Waals surface area contributed by atoms with Crippen LogP contribution in [0.25, 0.3) is 5.57 Å². The molecule has 1 unspecified atom stereocenters. The normalized spacial score (nSPS) is 18.0. The summed E-state index contributed by atoms with van der Waals surface area (Å²) in [5.41, 5.74) is 1.95. The average Bonchev–Trinajstić information content (AvgIpc) is 3.00. The van der Waals surface area contributed by atoms with Crippen LogP contribution in [-0.4, -0.2) is 36.4 Å². The fraction of sp³-hybridized carbons (Fsp3) is 0.412. The first-order valence-electron chi connectivity index (χ1n) is 7.33. The molecule has 0 saturated carbocycles. The van der Waals surface area contributed by atoms with Crippen molar-refractivity contribution in [1.82, 2.24) is 4.90 Å². The van der Waals surface area contributed by atoms with Crippen LogP contribution < -0.4 is 0 Å². The van der Waals surface area contributed by atoms with Gasteiger partial charge in [0.2, 0.25) is 0 Å². The van der Waals surface area contributed by atoms with Gasteiger partial charge in [-0.3, -0.25) is 0 Å². The zero-order valence-corrected chi connectivity index (χ0v) is 14.5. The van der Waals surface area contributed by atoms with Crippen LogP contribution in [0.3, 0.4) is 0 Å². The number of fused-ring (bicyclic) bond motifs is 1. The molecule has 2 N–H and O–H groups in total. The molecule has 0 aromatic carbocycles. The molecular weight excluding hydrogens is 314 g/mol. The van der Waals surface area contributed by atoms with Gasteiger partial charge >= 0.3 is 0 Å². The summed E-state index contributed by atoms with van der Waals surface area (Å²) in [4.78, 5) is 3.64. The molecule has 1 aromatic heterocycles.